The average Bonchev–Trinajstić information content (AvgIpc) is 2.51. The second-order valence-electron chi connectivity index (χ2n) is 3.11. The zero-order chi connectivity index (χ0) is 9.84. The van der Waals surface area contributed by atoms with E-state index in [4.69, 9.17) is 4.42 Å². The van der Waals surface area contributed by atoms with Crippen LogP contribution in [0.1, 0.15) is 36.1 Å². The second-order valence-corrected chi connectivity index (χ2v) is 3.11. The summed E-state index contributed by atoms with van der Waals surface area (Å²) in [6, 6.07) is 3.50. The molecule has 0 atom stereocenters. The third-order valence-electron chi connectivity index (χ3n) is 1.93. The van der Waals surface area contributed by atoms with Crippen molar-refractivity contribution in [1.29, 1.82) is 0 Å². The van der Waals surface area contributed by atoms with E-state index < -0.39 is 0 Å². The molecule has 1 aromatic rings. The first-order valence-corrected chi connectivity index (χ1v) is 4.39. The zero-order valence-corrected chi connectivity index (χ0v) is 8.09. The third-order valence-corrected chi connectivity index (χ3v) is 1.93. The van der Waals surface area contributed by atoms with Gasteiger partial charge in [0.2, 0.25) is 5.78 Å². The molecular formula is C11H14O2. The number of Topliss-reactive ketones (excluding diaryl/α,β-unsaturated/α-hetero) is 1. The predicted octanol–water partition coefficient (Wildman–Crippen LogP) is 3.13. The molecule has 0 bridgehead atoms. The predicted molar refractivity (Wildman–Crippen MR) is 51.8 cm³/mol. The molecule has 2 heteroatoms. The SMILES string of the molecule is C=C(CC)CC(=O)c1ccc(C)o1. The second kappa shape index (κ2) is 4.08. The van der Waals surface area contributed by atoms with Crippen LogP contribution in [0.2, 0.25) is 0 Å². The van der Waals surface area contributed by atoms with Crippen molar-refractivity contribution in [1.82, 2.24) is 0 Å². The molecule has 0 saturated carbocycles. The highest BCUT2D eigenvalue weighted by Gasteiger charge is 2.10. The van der Waals surface area contributed by atoms with Gasteiger partial charge < -0.3 is 4.42 Å². The van der Waals surface area contributed by atoms with Gasteiger partial charge in [-0.15, -0.1) is 0 Å². The van der Waals surface area contributed by atoms with Crippen molar-refractivity contribution >= 4 is 5.78 Å². The minimum absolute atomic E-state index is 0.0138. The van der Waals surface area contributed by atoms with Gasteiger partial charge in [0.25, 0.3) is 0 Å². The fraction of sp³-hybridized carbons (Fsp3) is 0.364. The fourth-order valence-corrected chi connectivity index (χ4v) is 1.02. The van der Waals surface area contributed by atoms with Gasteiger partial charge in [-0.05, 0) is 25.5 Å². The molecule has 0 fully saturated rings. The van der Waals surface area contributed by atoms with Crippen LogP contribution in [0, 0.1) is 6.92 Å². The van der Waals surface area contributed by atoms with Crippen molar-refractivity contribution in [2.24, 2.45) is 0 Å². The van der Waals surface area contributed by atoms with Crippen LogP contribution in [0.15, 0.2) is 28.7 Å². The number of ketones is 1. The number of rotatable bonds is 4. The summed E-state index contributed by atoms with van der Waals surface area (Å²) < 4.78 is 5.20. The summed E-state index contributed by atoms with van der Waals surface area (Å²) in [5, 5.41) is 0. The maximum atomic E-state index is 11.5. The van der Waals surface area contributed by atoms with Crippen LogP contribution >= 0.6 is 0 Å². The Hall–Kier alpha value is -1.31. The lowest BCUT2D eigenvalue weighted by Gasteiger charge is -1.98. The molecule has 0 aromatic carbocycles. The van der Waals surface area contributed by atoms with Crippen molar-refractivity contribution < 1.29 is 9.21 Å². The first-order valence-electron chi connectivity index (χ1n) is 4.39. The lowest BCUT2D eigenvalue weighted by molar-refractivity contribution is 0.0964. The average molecular weight is 178 g/mol. The quantitative estimate of drug-likeness (QED) is 0.523. The summed E-state index contributed by atoms with van der Waals surface area (Å²) in [6.07, 6.45) is 1.23. The maximum absolute atomic E-state index is 11.5. The molecular weight excluding hydrogens is 164 g/mol. The molecule has 0 radical (unpaired) electrons. The van der Waals surface area contributed by atoms with Gasteiger partial charge in [0.15, 0.2) is 5.76 Å². The van der Waals surface area contributed by atoms with E-state index in [1.165, 1.54) is 0 Å². The summed E-state index contributed by atoms with van der Waals surface area (Å²) in [4.78, 5) is 11.5. The molecule has 1 heterocycles. The molecule has 2 nitrogen and oxygen atoms in total. The van der Waals surface area contributed by atoms with E-state index in [2.05, 4.69) is 6.58 Å². The number of carbonyl (C=O) groups excluding carboxylic acids is 1. The largest absolute Gasteiger partial charge is 0.458 e. The number of allylic oxidation sites excluding steroid dienone is 1. The van der Waals surface area contributed by atoms with E-state index in [0.29, 0.717) is 12.2 Å². The Bertz CT molecular complexity index is 321. The van der Waals surface area contributed by atoms with Crippen molar-refractivity contribution in [3.8, 4) is 0 Å². The molecule has 0 aliphatic heterocycles. The first-order chi connectivity index (χ1) is 6.13. The van der Waals surface area contributed by atoms with E-state index in [9.17, 15) is 4.79 Å². The molecule has 0 saturated heterocycles. The summed E-state index contributed by atoms with van der Waals surface area (Å²) in [7, 11) is 0. The topological polar surface area (TPSA) is 30.2 Å². The van der Waals surface area contributed by atoms with Gasteiger partial charge in [0, 0.05) is 6.42 Å². The molecule has 0 N–H and O–H groups in total. The van der Waals surface area contributed by atoms with Gasteiger partial charge in [-0.1, -0.05) is 19.1 Å². The monoisotopic (exact) mass is 178 g/mol. The molecule has 0 amide bonds. The molecule has 1 rings (SSSR count). The van der Waals surface area contributed by atoms with E-state index in [0.717, 1.165) is 17.8 Å². The number of furan rings is 1. The van der Waals surface area contributed by atoms with Crippen LogP contribution in [-0.4, -0.2) is 5.78 Å². The zero-order valence-electron chi connectivity index (χ0n) is 8.09. The van der Waals surface area contributed by atoms with E-state index in [1.807, 2.05) is 13.8 Å². The Balaban J connectivity index is 2.64. The summed E-state index contributed by atoms with van der Waals surface area (Å²) in [5.41, 5.74) is 0.944. The maximum Gasteiger partial charge on any atom is 0.201 e. The van der Waals surface area contributed by atoms with Crippen LogP contribution in [-0.2, 0) is 0 Å². The van der Waals surface area contributed by atoms with E-state index in [1.54, 1.807) is 12.1 Å². The van der Waals surface area contributed by atoms with E-state index in [-0.39, 0.29) is 5.78 Å². The highest BCUT2D eigenvalue weighted by atomic mass is 16.3. The molecule has 0 unspecified atom stereocenters. The smallest absolute Gasteiger partial charge is 0.201 e. The normalized spacial score (nSPS) is 10.0. The van der Waals surface area contributed by atoms with Crippen molar-refractivity contribution in [3.63, 3.8) is 0 Å². The number of aryl methyl sites for hydroxylation is 1. The lowest BCUT2D eigenvalue weighted by atomic mass is 10.1. The molecule has 0 aliphatic rings. The molecule has 13 heavy (non-hydrogen) atoms. The van der Waals surface area contributed by atoms with Crippen LogP contribution in [0.3, 0.4) is 0 Å². The Morgan fingerprint density at radius 1 is 1.54 bits per heavy atom. The van der Waals surface area contributed by atoms with Crippen molar-refractivity contribution in [3.05, 3.63) is 35.8 Å². The lowest BCUT2D eigenvalue weighted by Crippen LogP contribution is -1.97. The van der Waals surface area contributed by atoms with Gasteiger partial charge in [-0.25, -0.2) is 0 Å². The summed E-state index contributed by atoms with van der Waals surface area (Å²) >= 11 is 0. The van der Waals surface area contributed by atoms with Gasteiger partial charge in [-0.2, -0.15) is 0 Å². The first kappa shape index (κ1) is 9.78. The van der Waals surface area contributed by atoms with Gasteiger partial charge in [-0.3, -0.25) is 4.79 Å². The van der Waals surface area contributed by atoms with Gasteiger partial charge in [0.05, 0.1) is 0 Å². The van der Waals surface area contributed by atoms with Crippen molar-refractivity contribution in [2.45, 2.75) is 26.7 Å². The Morgan fingerprint density at radius 2 is 2.23 bits per heavy atom. The minimum atomic E-state index is 0.0138. The highest BCUT2D eigenvalue weighted by molar-refractivity contribution is 5.94. The van der Waals surface area contributed by atoms with Crippen LogP contribution in [0.5, 0.6) is 0 Å². The Kier molecular flexibility index (Phi) is 3.07. The van der Waals surface area contributed by atoms with E-state index >= 15 is 0 Å². The standard InChI is InChI=1S/C11H14O2/c1-4-8(2)7-10(12)11-6-5-9(3)13-11/h5-6H,2,4,7H2,1,3H3. The number of hydrogen-bond donors (Lipinski definition) is 0. The molecule has 0 aliphatic carbocycles. The molecule has 0 spiro atoms. The summed E-state index contributed by atoms with van der Waals surface area (Å²) in [6.45, 7) is 7.60. The van der Waals surface area contributed by atoms with Crippen LogP contribution in [0.4, 0.5) is 0 Å². The molecule has 70 valence electrons. The van der Waals surface area contributed by atoms with Crippen molar-refractivity contribution in [2.75, 3.05) is 0 Å². The summed E-state index contributed by atoms with van der Waals surface area (Å²) in [5.74, 6) is 1.22. The third kappa shape index (κ3) is 2.58. The Labute approximate surface area is 78.3 Å². The number of carbonyl (C=O) groups is 1. The fourth-order valence-electron chi connectivity index (χ4n) is 1.02. The van der Waals surface area contributed by atoms with Gasteiger partial charge in [0.1, 0.15) is 5.76 Å². The number of hydrogen-bond acceptors (Lipinski definition) is 2. The minimum Gasteiger partial charge on any atom is -0.458 e. The Morgan fingerprint density at radius 3 is 2.69 bits per heavy atom. The van der Waals surface area contributed by atoms with Gasteiger partial charge >= 0.3 is 0 Å². The van der Waals surface area contributed by atoms with Crippen LogP contribution < -0.4 is 0 Å². The molecule has 1 aromatic heterocycles. The van der Waals surface area contributed by atoms with Crippen LogP contribution in [0.25, 0.3) is 0 Å². The highest BCUT2D eigenvalue weighted by Crippen LogP contribution is 2.13.